The fourth-order valence-corrected chi connectivity index (χ4v) is 2.95. The molecular weight excluding hydrogens is 316 g/mol. The Morgan fingerprint density at radius 2 is 1.84 bits per heavy atom. The Bertz CT molecular complexity index is 1190. The van der Waals surface area contributed by atoms with Gasteiger partial charge in [0.05, 0.1) is 11.9 Å². The van der Waals surface area contributed by atoms with Crippen molar-refractivity contribution in [3.05, 3.63) is 55.2 Å². The van der Waals surface area contributed by atoms with E-state index >= 15 is 0 Å². The molecule has 0 spiro atoms. The highest BCUT2D eigenvalue weighted by atomic mass is 16.3. The quantitative estimate of drug-likeness (QED) is 0.461. The van der Waals surface area contributed by atoms with E-state index in [2.05, 4.69) is 30.1 Å². The molecule has 0 aliphatic rings. The van der Waals surface area contributed by atoms with Gasteiger partial charge in [-0.2, -0.15) is 5.10 Å². The van der Waals surface area contributed by atoms with E-state index in [1.807, 2.05) is 24.4 Å². The molecule has 25 heavy (non-hydrogen) atoms. The van der Waals surface area contributed by atoms with E-state index in [1.54, 1.807) is 24.7 Å². The molecular formula is C18H12N6O. The fraction of sp³-hybridized carbons (Fsp3) is 0. The normalized spacial score (nSPS) is 11.4. The first-order chi connectivity index (χ1) is 12.3. The zero-order valence-corrected chi connectivity index (χ0v) is 12.9. The van der Waals surface area contributed by atoms with Crippen molar-refractivity contribution in [2.45, 2.75) is 0 Å². The maximum Gasteiger partial charge on any atom is 0.155 e. The Hall–Kier alpha value is -3.74. The number of hydrogen-bond acceptors (Lipinski definition) is 5. The molecule has 0 unspecified atom stereocenters. The van der Waals surface area contributed by atoms with Crippen LogP contribution in [0.15, 0.2) is 55.2 Å². The second kappa shape index (κ2) is 5.13. The van der Waals surface area contributed by atoms with E-state index in [9.17, 15) is 5.11 Å². The van der Waals surface area contributed by atoms with Crippen LogP contribution in [0, 0.1) is 0 Å². The van der Waals surface area contributed by atoms with Crippen LogP contribution < -0.4 is 0 Å². The van der Waals surface area contributed by atoms with Crippen LogP contribution in [0.3, 0.4) is 0 Å². The third-order valence-electron chi connectivity index (χ3n) is 4.15. The zero-order valence-electron chi connectivity index (χ0n) is 12.9. The lowest BCUT2D eigenvalue weighted by molar-refractivity contribution is 0.473. The number of aromatic nitrogens is 6. The van der Waals surface area contributed by atoms with Crippen LogP contribution in [-0.4, -0.2) is 35.2 Å². The first kappa shape index (κ1) is 13.7. The van der Waals surface area contributed by atoms with Crippen molar-refractivity contribution in [2.24, 2.45) is 0 Å². The van der Waals surface area contributed by atoms with Gasteiger partial charge in [0, 0.05) is 52.2 Å². The molecule has 120 valence electrons. The monoisotopic (exact) mass is 328 g/mol. The van der Waals surface area contributed by atoms with Crippen LogP contribution in [-0.2, 0) is 0 Å². The van der Waals surface area contributed by atoms with E-state index in [0.29, 0.717) is 5.65 Å². The maximum absolute atomic E-state index is 9.65. The van der Waals surface area contributed by atoms with Gasteiger partial charge in [0.15, 0.2) is 5.65 Å². The van der Waals surface area contributed by atoms with Crippen LogP contribution >= 0.6 is 0 Å². The summed E-state index contributed by atoms with van der Waals surface area (Å²) in [5, 5.41) is 18.9. The van der Waals surface area contributed by atoms with Gasteiger partial charge in [0.1, 0.15) is 11.4 Å². The summed E-state index contributed by atoms with van der Waals surface area (Å²) in [5.41, 5.74) is 5.03. The molecule has 0 saturated heterocycles. The predicted molar refractivity (Wildman–Crippen MR) is 93.9 cm³/mol. The van der Waals surface area contributed by atoms with E-state index in [1.165, 1.54) is 6.20 Å². The Balaban J connectivity index is 1.70. The van der Waals surface area contributed by atoms with Gasteiger partial charge in [-0.25, -0.2) is 4.98 Å². The molecule has 5 rings (SSSR count). The average Bonchev–Trinajstić information content (AvgIpc) is 3.24. The Morgan fingerprint density at radius 1 is 0.920 bits per heavy atom. The number of nitrogens with one attached hydrogen (secondary N) is 2. The number of rotatable bonds is 2. The number of fused-ring (bicyclic) bond motifs is 2. The zero-order chi connectivity index (χ0) is 16.8. The van der Waals surface area contributed by atoms with Crippen molar-refractivity contribution in [3.63, 3.8) is 0 Å². The Labute approximate surface area is 141 Å². The molecule has 0 fully saturated rings. The topological polar surface area (TPSA) is 103 Å². The molecule has 0 amide bonds. The summed E-state index contributed by atoms with van der Waals surface area (Å²) >= 11 is 0. The van der Waals surface area contributed by atoms with Crippen molar-refractivity contribution >= 4 is 21.9 Å². The Kier molecular flexibility index (Phi) is 2.81. The summed E-state index contributed by atoms with van der Waals surface area (Å²) < 4.78 is 0. The molecule has 0 aliphatic carbocycles. The predicted octanol–water partition coefficient (Wildman–Crippen LogP) is 3.27. The molecule has 0 aromatic carbocycles. The van der Waals surface area contributed by atoms with Gasteiger partial charge < -0.3 is 10.1 Å². The summed E-state index contributed by atoms with van der Waals surface area (Å²) in [6.45, 7) is 0. The van der Waals surface area contributed by atoms with Gasteiger partial charge in [-0.3, -0.25) is 15.1 Å². The van der Waals surface area contributed by atoms with Gasteiger partial charge >= 0.3 is 0 Å². The average molecular weight is 328 g/mol. The van der Waals surface area contributed by atoms with Crippen molar-refractivity contribution < 1.29 is 5.11 Å². The van der Waals surface area contributed by atoms with E-state index in [4.69, 9.17) is 0 Å². The number of hydrogen-bond donors (Lipinski definition) is 3. The third kappa shape index (κ3) is 2.21. The summed E-state index contributed by atoms with van der Waals surface area (Å²) in [7, 11) is 0. The molecule has 0 atom stereocenters. The van der Waals surface area contributed by atoms with Gasteiger partial charge in [-0.05, 0) is 24.3 Å². The van der Waals surface area contributed by atoms with Crippen LogP contribution in [0.2, 0.25) is 0 Å². The van der Waals surface area contributed by atoms with Crippen LogP contribution in [0.4, 0.5) is 0 Å². The highest BCUT2D eigenvalue weighted by molar-refractivity contribution is 5.95. The molecule has 0 bridgehead atoms. The van der Waals surface area contributed by atoms with Gasteiger partial charge in [-0.1, -0.05) is 0 Å². The number of pyridine rings is 3. The summed E-state index contributed by atoms with van der Waals surface area (Å²) in [6.07, 6.45) is 8.39. The maximum atomic E-state index is 9.65. The molecule has 0 saturated carbocycles. The summed E-state index contributed by atoms with van der Waals surface area (Å²) in [5.74, 6) is 0.119. The number of nitrogens with zero attached hydrogens (tertiary/aromatic N) is 4. The fourth-order valence-electron chi connectivity index (χ4n) is 2.95. The third-order valence-corrected chi connectivity index (χ3v) is 4.15. The van der Waals surface area contributed by atoms with Crippen LogP contribution in [0.1, 0.15) is 0 Å². The van der Waals surface area contributed by atoms with Crippen molar-refractivity contribution in [1.29, 1.82) is 0 Å². The van der Waals surface area contributed by atoms with Crippen LogP contribution in [0.25, 0.3) is 44.5 Å². The van der Waals surface area contributed by atoms with Crippen molar-refractivity contribution in [3.8, 4) is 28.3 Å². The molecule has 5 aromatic rings. The second-order valence-electron chi connectivity index (χ2n) is 5.77. The molecule has 3 N–H and O–H groups in total. The standard InChI is InChI=1S/C18H12N6O/c25-13-3-10(6-20-9-13)11-4-14-17(23-24-18(14)21-8-11)16-5-12-7-19-2-1-15(12)22-16/h1-9,22,25H,(H,21,23,24). The first-order valence-electron chi connectivity index (χ1n) is 7.69. The minimum absolute atomic E-state index is 0.119. The first-order valence-corrected chi connectivity index (χ1v) is 7.69. The SMILES string of the molecule is Oc1cncc(-c2cnc3[nH]nc(-c4cc5cnccc5[nH]4)c3c2)c1. The van der Waals surface area contributed by atoms with Gasteiger partial charge in [0.2, 0.25) is 0 Å². The molecule has 0 radical (unpaired) electrons. The lowest BCUT2D eigenvalue weighted by Crippen LogP contribution is -1.84. The number of H-pyrrole nitrogens is 2. The summed E-state index contributed by atoms with van der Waals surface area (Å²) in [4.78, 5) is 16.0. The molecule has 7 nitrogen and oxygen atoms in total. The number of aromatic hydroxyl groups is 1. The lowest BCUT2D eigenvalue weighted by atomic mass is 10.1. The van der Waals surface area contributed by atoms with E-state index in [0.717, 1.165) is 38.8 Å². The van der Waals surface area contributed by atoms with Gasteiger partial charge in [0.25, 0.3) is 0 Å². The highest BCUT2D eigenvalue weighted by Gasteiger charge is 2.13. The number of aromatic amines is 2. The highest BCUT2D eigenvalue weighted by Crippen LogP contribution is 2.30. The molecule has 7 heteroatoms. The largest absolute Gasteiger partial charge is 0.506 e. The van der Waals surface area contributed by atoms with E-state index in [-0.39, 0.29) is 5.75 Å². The van der Waals surface area contributed by atoms with Gasteiger partial charge in [-0.15, -0.1) is 0 Å². The molecule has 5 aromatic heterocycles. The minimum Gasteiger partial charge on any atom is -0.506 e. The van der Waals surface area contributed by atoms with Crippen molar-refractivity contribution in [2.75, 3.05) is 0 Å². The minimum atomic E-state index is 0.119. The van der Waals surface area contributed by atoms with Crippen molar-refractivity contribution in [1.82, 2.24) is 30.1 Å². The van der Waals surface area contributed by atoms with E-state index < -0.39 is 0 Å². The second-order valence-corrected chi connectivity index (χ2v) is 5.77. The summed E-state index contributed by atoms with van der Waals surface area (Å²) in [6, 6.07) is 7.59. The lowest BCUT2D eigenvalue weighted by Gasteiger charge is -2.02. The smallest absolute Gasteiger partial charge is 0.155 e. The molecule has 0 aliphatic heterocycles. The van der Waals surface area contributed by atoms with Crippen LogP contribution in [0.5, 0.6) is 5.75 Å². The Morgan fingerprint density at radius 3 is 2.72 bits per heavy atom. The molecule has 5 heterocycles.